The summed E-state index contributed by atoms with van der Waals surface area (Å²) in [4.78, 5) is 22.0. The van der Waals surface area contributed by atoms with E-state index >= 15 is 0 Å². The summed E-state index contributed by atoms with van der Waals surface area (Å²) in [5.41, 5.74) is 1.03. The highest BCUT2D eigenvalue weighted by atomic mass is 31.2. The Bertz CT molecular complexity index is 419. The molecule has 0 fully saturated rings. The zero-order chi connectivity index (χ0) is 12.9. The zero-order valence-corrected chi connectivity index (χ0v) is 11.1. The van der Waals surface area contributed by atoms with Gasteiger partial charge in [-0.15, -0.1) is 0 Å². The van der Waals surface area contributed by atoms with Gasteiger partial charge in [0, 0.05) is 20.1 Å². The lowest BCUT2D eigenvalue weighted by Gasteiger charge is -2.19. The summed E-state index contributed by atoms with van der Waals surface area (Å²) in [6, 6.07) is 9.56. The van der Waals surface area contributed by atoms with Crippen LogP contribution in [0.4, 0.5) is 0 Å². The number of nitrogens with zero attached hydrogens (tertiary/aromatic N) is 1. The number of carbonyl (C=O) groups is 1. The fourth-order valence-corrected chi connectivity index (χ4v) is 3.06. The standard InChI is InChI=1S/C12H18NO3P/c1-11(14)13(2)10-17(15,16)9-8-12-6-4-3-5-7-12/h3-7H,8-10H2,1-2H3,(H,15,16). The van der Waals surface area contributed by atoms with Crippen LogP contribution >= 0.6 is 7.37 Å². The maximum atomic E-state index is 11.9. The molecule has 0 aromatic heterocycles. The molecule has 4 nitrogen and oxygen atoms in total. The molecule has 1 N–H and O–H groups in total. The second-order valence-corrected chi connectivity index (χ2v) is 6.59. The summed E-state index contributed by atoms with van der Waals surface area (Å²) >= 11 is 0. The molecular formula is C12H18NO3P. The molecule has 0 saturated carbocycles. The minimum atomic E-state index is -3.26. The lowest BCUT2D eigenvalue weighted by atomic mass is 10.2. The minimum Gasteiger partial charge on any atom is -0.343 e. The molecule has 0 aliphatic heterocycles. The molecule has 1 atom stereocenters. The van der Waals surface area contributed by atoms with Gasteiger partial charge < -0.3 is 9.79 Å². The van der Waals surface area contributed by atoms with E-state index in [9.17, 15) is 14.3 Å². The summed E-state index contributed by atoms with van der Waals surface area (Å²) in [6.45, 7) is 1.39. The Hall–Kier alpha value is -1.12. The van der Waals surface area contributed by atoms with E-state index in [1.54, 1.807) is 0 Å². The summed E-state index contributed by atoms with van der Waals surface area (Å²) in [6.07, 6.45) is 0.685. The summed E-state index contributed by atoms with van der Waals surface area (Å²) < 4.78 is 11.9. The average Bonchev–Trinajstić information content (AvgIpc) is 2.27. The van der Waals surface area contributed by atoms with Crippen molar-refractivity contribution >= 4 is 13.3 Å². The Labute approximate surface area is 102 Å². The second kappa shape index (κ2) is 5.99. The predicted molar refractivity (Wildman–Crippen MR) is 68.1 cm³/mol. The molecule has 0 radical (unpaired) electrons. The van der Waals surface area contributed by atoms with Crippen molar-refractivity contribution in [3.63, 3.8) is 0 Å². The molecule has 1 aromatic rings. The fourth-order valence-electron chi connectivity index (χ4n) is 1.45. The Morgan fingerprint density at radius 2 is 1.94 bits per heavy atom. The highest BCUT2D eigenvalue weighted by Crippen LogP contribution is 2.41. The first-order valence-corrected chi connectivity index (χ1v) is 7.50. The predicted octanol–water partition coefficient (Wildman–Crippen LogP) is 1.94. The number of carbonyl (C=O) groups excluding carboxylic acids is 1. The molecule has 0 saturated heterocycles. The molecule has 17 heavy (non-hydrogen) atoms. The highest BCUT2D eigenvalue weighted by molar-refractivity contribution is 7.57. The van der Waals surface area contributed by atoms with Crippen molar-refractivity contribution in [1.82, 2.24) is 4.90 Å². The van der Waals surface area contributed by atoms with Gasteiger partial charge in [0.15, 0.2) is 0 Å². The SMILES string of the molecule is CC(=O)N(C)CP(=O)(O)CCc1ccccc1. The number of amides is 1. The number of aryl methyl sites for hydroxylation is 1. The van der Waals surface area contributed by atoms with Crippen LogP contribution in [0.3, 0.4) is 0 Å². The van der Waals surface area contributed by atoms with Gasteiger partial charge in [0.25, 0.3) is 0 Å². The van der Waals surface area contributed by atoms with Crippen LogP contribution in [0, 0.1) is 0 Å². The van der Waals surface area contributed by atoms with Crippen LogP contribution in [0.15, 0.2) is 30.3 Å². The molecule has 1 amide bonds. The molecule has 0 aliphatic carbocycles. The maximum absolute atomic E-state index is 11.9. The third-order valence-electron chi connectivity index (χ3n) is 2.56. The largest absolute Gasteiger partial charge is 0.343 e. The van der Waals surface area contributed by atoms with Gasteiger partial charge in [-0.05, 0) is 12.0 Å². The minimum absolute atomic E-state index is 0.0742. The molecule has 0 spiro atoms. The monoisotopic (exact) mass is 255 g/mol. The van der Waals surface area contributed by atoms with E-state index in [1.807, 2.05) is 30.3 Å². The third kappa shape index (κ3) is 5.16. The lowest BCUT2D eigenvalue weighted by molar-refractivity contribution is -0.126. The molecule has 94 valence electrons. The number of hydrogen-bond acceptors (Lipinski definition) is 2. The summed E-state index contributed by atoms with van der Waals surface area (Å²) in [7, 11) is -1.73. The van der Waals surface area contributed by atoms with Crippen LogP contribution in [0.2, 0.25) is 0 Å². The zero-order valence-electron chi connectivity index (χ0n) is 10.2. The first-order chi connectivity index (χ1) is 7.91. The van der Waals surface area contributed by atoms with Gasteiger partial charge in [-0.25, -0.2) is 0 Å². The van der Waals surface area contributed by atoms with Gasteiger partial charge in [-0.2, -0.15) is 0 Å². The van der Waals surface area contributed by atoms with Crippen LogP contribution in [0.1, 0.15) is 12.5 Å². The molecule has 1 rings (SSSR count). The molecule has 5 heteroatoms. The number of hydrogen-bond donors (Lipinski definition) is 1. The van der Waals surface area contributed by atoms with Crippen molar-refractivity contribution < 1.29 is 14.3 Å². The number of rotatable bonds is 5. The molecule has 1 aromatic carbocycles. The van der Waals surface area contributed by atoms with Crippen LogP contribution < -0.4 is 0 Å². The van der Waals surface area contributed by atoms with E-state index in [0.29, 0.717) is 6.42 Å². The first-order valence-electron chi connectivity index (χ1n) is 5.47. The van der Waals surface area contributed by atoms with E-state index in [4.69, 9.17) is 0 Å². The van der Waals surface area contributed by atoms with Crippen LogP contribution in [0.5, 0.6) is 0 Å². The Morgan fingerprint density at radius 1 is 1.35 bits per heavy atom. The van der Waals surface area contributed by atoms with Crippen LogP contribution in [-0.2, 0) is 15.8 Å². The molecule has 0 heterocycles. The quantitative estimate of drug-likeness (QED) is 0.818. The van der Waals surface area contributed by atoms with Gasteiger partial charge >= 0.3 is 0 Å². The molecule has 1 unspecified atom stereocenters. The average molecular weight is 255 g/mol. The number of benzene rings is 1. The van der Waals surface area contributed by atoms with Crippen molar-refractivity contribution in [2.45, 2.75) is 13.3 Å². The van der Waals surface area contributed by atoms with Gasteiger partial charge in [0.2, 0.25) is 13.3 Å². The normalized spacial score (nSPS) is 14.1. The Kier molecular flexibility index (Phi) is 4.91. The van der Waals surface area contributed by atoms with E-state index in [0.717, 1.165) is 5.56 Å². The van der Waals surface area contributed by atoms with E-state index in [2.05, 4.69) is 0 Å². The molecular weight excluding hydrogens is 237 g/mol. The maximum Gasteiger partial charge on any atom is 0.219 e. The van der Waals surface area contributed by atoms with E-state index in [-0.39, 0.29) is 18.4 Å². The van der Waals surface area contributed by atoms with Gasteiger partial charge in [-0.1, -0.05) is 30.3 Å². The first kappa shape index (κ1) is 13.9. The van der Waals surface area contributed by atoms with E-state index < -0.39 is 7.37 Å². The van der Waals surface area contributed by atoms with Crippen LogP contribution in [0.25, 0.3) is 0 Å². The second-order valence-electron chi connectivity index (χ2n) is 4.16. The van der Waals surface area contributed by atoms with Gasteiger partial charge in [0.05, 0.1) is 6.29 Å². The molecule has 0 aliphatic rings. The van der Waals surface area contributed by atoms with Crippen LogP contribution in [-0.4, -0.2) is 35.2 Å². The van der Waals surface area contributed by atoms with Crippen molar-refractivity contribution in [3.05, 3.63) is 35.9 Å². The molecule has 0 bridgehead atoms. The lowest BCUT2D eigenvalue weighted by Crippen LogP contribution is -2.25. The Balaban J connectivity index is 2.50. The fraction of sp³-hybridized carbons (Fsp3) is 0.417. The smallest absolute Gasteiger partial charge is 0.219 e. The van der Waals surface area contributed by atoms with Crippen molar-refractivity contribution in [1.29, 1.82) is 0 Å². The topological polar surface area (TPSA) is 57.6 Å². The highest BCUT2D eigenvalue weighted by Gasteiger charge is 2.21. The van der Waals surface area contributed by atoms with E-state index in [1.165, 1.54) is 18.9 Å². The third-order valence-corrected chi connectivity index (χ3v) is 4.35. The summed E-state index contributed by atoms with van der Waals surface area (Å²) in [5.74, 6) is -0.195. The van der Waals surface area contributed by atoms with Crippen molar-refractivity contribution in [2.24, 2.45) is 0 Å². The summed E-state index contributed by atoms with van der Waals surface area (Å²) in [5, 5.41) is 0. The van der Waals surface area contributed by atoms with Crippen molar-refractivity contribution in [2.75, 3.05) is 19.5 Å². The van der Waals surface area contributed by atoms with Gasteiger partial charge in [0.1, 0.15) is 0 Å². The van der Waals surface area contributed by atoms with Crippen molar-refractivity contribution in [3.8, 4) is 0 Å². The Morgan fingerprint density at radius 3 is 2.47 bits per heavy atom. The van der Waals surface area contributed by atoms with Gasteiger partial charge in [-0.3, -0.25) is 9.36 Å².